The predicted molar refractivity (Wildman–Crippen MR) is 43.4 cm³/mol. The number of carbonyl (C=O) groups is 1. The van der Waals surface area contributed by atoms with Crippen molar-refractivity contribution >= 4 is 5.91 Å². The number of hydrogen-bond acceptors (Lipinski definition) is 7. The van der Waals surface area contributed by atoms with E-state index in [4.69, 9.17) is 25.5 Å². The fourth-order valence-electron chi connectivity index (χ4n) is 0.763. The zero-order valence-electron chi connectivity index (χ0n) is 7.24. The average molecular weight is 210 g/mol. The van der Waals surface area contributed by atoms with Crippen molar-refractivity contribution in [1.82, 2.24) is 5.43 Å². The molecule has 8 heteroatoms. The van der Waals surface area contributed by atoms with Crippen LogP contribution in [0.2, 0.25) is 0 Å². The van der Waals surface area contributed by atoms with Gasteiger partial charge in [-0.25, -0.2) is 5.84 Å². The molecule has 0 spiro atoms. The molecule has 8 nitrogen and oxygen atoms in total. The zero-order valence-corrected chi connectivity index (χ0v) is 7.24. The zero-order chi connectivity index (χ0) is 11.3. The molecular weight excluding hydrogens is 196 g/mol. The first-order valence-corrected chi connectivity index (χ1v) is 3.79. The van der Waals surface area contributed by atoms with Gasteiger partial charge in [0.05, 0.1) is 6.61 Å². The van der Waals surface area contributed by atoms with Crippen LogP contribution in [-0.2, 0) is 4.79 Å². The Morgan fingerprint density at radius 2 is 1.71 bits per heavy atom. The Hall–Kier alpha value is -0.770. The number of aliphatic hydroxyl groups excluding tert-OH is 5. The molecule has 0 aromatic rings. The summed E-state index contributed by atoms with van der Waals surface area (Å²) in [6.07, 6.45) is -7.39. The molecule has 0 radical (unpaired) electrons. The number of carbonyl (C=O) groups excluding carboxylic acids is 1. The maximum atomic E-state index is 10.7. The van der Waals surface area contributed by atoms with Crippen LogP contribution in [0.3, 0.4) is 0 Å². The van der Waals surface area contributed by atoms with Crippen LogP contribution in [0.4, 0.5) is 0 Å². The normalized spacial score (nSPS) is 19.6. The minimum Gasteiger partial charge on any atom is -0.394 e. The molecule has 0 heterocycles. The third kappa shape index (κ3) is 3.18. The first-order chi connectivity index (χ1) is 6.45. The Morgan fingerprint density at radius 1 is 1.21 bits per heavy atom. The molecule has 0 fully saturated rings. The average Bonchev–Trinajstić information content (AvgIpc) is 2.23. The van der Waals surface area contributed by atoms with E-state index in [0.29, 0.717) is 0 Å². The summed E-state index contributed by atoms with van der Waals surface area (Å²) in [7, 11) is 0. The van der Waals surface area contributed by atoms with Crippen LogP contribution in [0, 0.1) is 0 Å². The van der Waals surface area contributed by atoms with Crippen LogP contribution in [0.5, 0.6) is 0 Å². The van der Waals surface area contributed by atoms with Crippen molar-refractivity contribution in [1.29, 1.82) is 0 Å². The number of nitrogens with one attached hydrogen (secondary N) is 1. The lowest BCUT2D eigenvalue weighted by Gasteiger charge is -2.24. The van der Waals surface area contributed by atoms with Gasteiger partial charge in [0, 0.05) is 0 Å². The summed E-state index contributed by atoms with van der Waals surface area (Å²) in [5.74, 6) is 3.55. The highest BCUT2D eigenvalue weighted by Gasteiger charge is 2.33. The summed E-state index contributed by atoms with van der Waals surface area (Å²) in [4.78, 5) is 10.7. The Morgan fingerprint density at radius 3 is 2.07 bits per heavy atom. The van der Waals surface area contributed by atoms with Crippen LogP contribution < -0.4 is 11.3 Å². The second-order valence-electron chi connectivity index (χ2n) is 2.68. The second-order valence-corrected chi connectivity index (χ2v) is 2.68. The maximum Gasteiger partial charge on any atom is 0.265 e. The lowest BCUT2D eigenvalue weighted by atomic mass is 10.0. The minimum absolute atomic E-state index is 0.810. The smallest absolute Gasteiger partial charge is 0.265 e. The summed E-state index contributed by atoms with van der Waals surface area (Å²) in [6.45, 7) is -0.810. The van der Waals surface area contributed by atoms with E-state index in [2.05, 4.69) is 5.84 Å². The SMILES string of the molecule is NNC(=O)[C@@H](O)[C@H](O)[C@@H](O)[C@@H](O)CO. The van der Waals surface area contributed by atoms with Gasteiger partial charge in [0.15, 0.2) is 6.10 Å². The first-order valence-electron chi connectivity index (χ1n) is 3.79. The van der Waals surface area contributed by atoms with Crippen LogP contribution in [-0.4, -0.2) is 62.5 Å². The van der Waals surface area contributed by atoms with Crippen molar-refractivity contribution in [2.24, 2.45) is 5.84 Å². The molecule has 8 N–H and O–H groups in total. The number of hydrogen-bond donors (Lipinski definition) is 7. The topological polar surface area (TPSA) is 156 Å². The van der Waals surface area contributed by atoms with E-state index in [-0.39, 0.29) is 0 Å². The van der Waals surface area contributed by atoms with Crippen LogP contribution >= 0.6 is 0 Å². The molecule has 1 amide bonds. The fourth-order valence-corrected chi connectivity index (χ4v) is 0.763. The Balaban J connectivity index is 4.30. The molecule has 0 rings (SSSR count). The van der Waals surface area contributed by atoms with Gasteiger partial charge in [-0.2, -0.15) is 0 Å². The standard InChI is InChI=1S/C6H14N2O6/c7-8-6(14)5(13)4(12)3(11)2(10)1-9/h2-5,9-13H,1,7H2,(H,8,14)/t2-,3-,4+,5-/m0/s1. The first kappa shape index (κ1) is 13.2. The Bertz CT molecular complexity index is 189. The lowest BCUT2D eigenvalue weighted by Crippen LogP contribution is -2.52. The summed E-state index contributed by atoms with van der Waals surface area (Å²) >= 11 is 0. The van der Waals surface area contributed by atoms with Crippen molar-refractivity contribution in [3.05, 3.63) is 0 Å². The van der Waals surface area contributed by atoms with E-state index in [1.807, 2.05) is 0 Å². The molecule has 0 saturated heterocycles. The van der Waals surface area contributed by atoms with Gasteiger partial charge in [-0.3, -0.25) is 10.2 Å². The Labute approximate surface area is 79.6 Å². The van der Waals surface area contributed by atoms with Gasteiger partial charge in [-0.1, -0.05) is 0 Å². The van der Waals surface area contributed by atoms with E-state index in [1.165, 1.54) is 0 Å². The van der Waals surface area contributed by atoms with Crippen molar-refractivity contribution in [3.8, 4) is 0 Å². The van der Waals surface area contributed by atoms with E-state index < -0.39 is 36.9 Å². The van der Waals surface area contributed by atoms with Gasteiger partial charge in [0.1, 0.15) is 18.3 Å². The number of amides is 1. The predicted octanol–water partition coefficient (Wildman–Crippen LogP) is -4.59. The van der Waals surface area contributed by atoms with Gasteiger partial charge < -0.3 is 25.5 Å². The molecule has 0 aromatic carbocycles. The third-order valence-electron chi connectivity index (χ3n) is 1.67. The largest absolute Gasteiger partial charge is 0.394 e. The minimum atomic E-state index is -1.98. The van der Waals surface area contributed by atoms with E-state index in [1.54, 1.807) is 5.43 Å². The Kier molecular flexibility index (Phi) is 5.53. The number of hydrazine groups is 1. The van der Waals surface area contributed by atoms with Crippen LogP contribution in [0.15, 0.2) is 0 Å². The quantitative estimate of drug-likeness (QED) is 0.137. The summed E-state index contributed by atoms with van der Waals surface area (Å²) < 4.78 is 0. The third-order valence-corrected chi connectivity index (χ3v) is 1.67. The summed E-state index contributed by atoms with van der Waals surface area (Å²) in [5.41, 5.74) is 1.55. The molecule has 84 valence electrons. The van der Waals surface area contributed by atoms with E-state index in [9.17, 15) is 4.79 Å². The maximum absolute atomic E-state index is 10.7. The molecule has 0 unspecified atom stereocenters. The monoisotopic (exact) mass is 210 g/mol. The molecular formula is C6H14N2O6. The van der Waals surface area contributed by atoms with Crippen molar-refractivity contribution < 1.29 is 30.3 Å². The molecule has 0 aliphatic rings. The van der Waals surface area contributed by atoms with Crippen molar-refractivity contribution in [3.63, 3.8) is 0 Å². The van der Waals surface area contributed by atoms with E-state index in [0.717, 1.165) is 0 Å². The van der Waals surface area contributed by atoms with Crippen molar-refractivity contribution in [2.45, 2.75) is 24.4 Å². The highest BCUT2D eigenvalue weighted by atomic mass is 16.4. The van der Waals surface area contributed by atoms with Crippen molar-refractivity contribution in [2.75, 3.05) is 6.61 Å². The molecule has 0 bridgehead atoms. The summed E-state index contributed by atoms with van der Waals surface area (Å²) in [6, 6.07) is 0. The number of rotatable bonds is 5. The van der Waals surface area contributed by atoms with Crippen LogP contribution in [0.1, 0.15) is 0 Å². The van der Waals surface area contributed by atoms with Gasteiger partial charge in [-0.05, 0) is 0 Å². The van der Waals surface area contributed by atoms with E-state index >= 15 is 0 Å². The molecule has 14 heavy (non-hydrogen) atoms. The molecule has 0 aliphatic carbocycles. The van der Waals surface area contributed by atoms with Gasteiger partial charge in [-0.15, -0.1) is 0 Å². The highest BCUT2D eigenvalue weighted by molar-refractivity contribution is 5.80. The number of nitrogens with two attached hydrogens (primary N) is 1. The molecule has 0 aliphatic heterocycles. The van der Waals surface area contributed by atoms with Gasteiger partial charge >= 0.3 is 0 Å². The van der Waals surface area contributed by atoms with Gasteiger partial charge in [0.2, 0.25) is 0 Å². The second kappa shape index (κ2) is 5.86. The fraction of sp³-hybridized carbons (Fsp3) is 0.833. The number of aliphatic hydroxyl groups is 5. The summed E-state index contributed by atoms with van der Waals surface area (Å²) in [5, 5.41) is 44.4. The van der Waals surface area contributed by atoms with Crippen LogP contribution in [0.25, 0.3) is 0 Å². The van der Waals surface area contributed by atoms with Gasteiger partial charge in [0.25, 0.3) is 5.91 Å². The molecule has 0 saturated carbocycles. The highest BCUT2D eigenvalue weighted by Crippen LogP contribution is 2.04. The molecule has 4 atom stereocenters. The lowest BCUT2D eigenvalue weighted by molar-refractivity contribution is -0.148. The molecule has 0 aromatic heterocycles.